The summed E-state index contributed by atoms with van der Waals surface area (Å²) in [5.41, 5.74) is 4.40. The van der Waals surface area contributed by atoms with Gasteiger partial charge in [-0.3, -0.25) is 9.69 Å². The van der Waals surface area contributed by atoms with Crippen LogP contribution in [0.4, 0.5) is 10.5 Å². The lowest BCUT2D eigenvalue weighted by Crippen LogP contribution is -2.30. The number of nitrogens with one attached hydrogen (secondary N) is 1. The van der Waals surface area contributed by atoms with Crippen LogP contribution in [0, 0.1) is 6.92 Å². The molecule has 1 fully saturated rings. The fourth-order valence-corrected chi connectivity index (χ4v) is 3.13. The predicted molar refractivity (Wildman–Crippen MR) is 108 cm³/mol. The van der Waals surface area contributed by atoms with Crippen LogP contribution in [0.3, 0.4) is 0 Å². The zero-order valence-corrected chi connectivity index (χ0v) is 16.0. The van der Waals surface area contributed by atoms with E-state index in [1.807, 2.05) is 55.5 Å². The summed E-state index contributed by atoms with van der Waals surface area (Å²) in [6, 6.07) is 15.4. The Morgan fingerprint density at radius 2 is 1.59 bits per heavy atom. The molecule has 0 aromatic heterocycles. The zero-order valence-electron chi connectivity index (χ0n) is 16.0. The Hall–Kier alpha value is -3.08. The molecule has 0 bridgehead atoms. The molecule has 1 aliphatic rings. The molecule has 1 N–H and O–H groups in total. The number of imide groups is 1. The molecule has 0 atom stereocenters. The lowest BCUT2D eigenvalue weighted by atomic mass is 10.1. The number of hydrogen-bond acceptors (Lipinski definition) is 3. The van der Waals surface area contributed by atoms with Gasteiger partial charge < -0.3 is 10.2 Å². The quantitative estimate of drug-likeness (QED) is 0.625. The van der Waals surface area contributed by atoms with Crippen molar-refractivity contribution in [2.75, 3.05) is 18.0 Å². The highest BCUT2D eigenvalue weighted by molar-refractivity contribution is 6.13. The summed E-state index contributed by atoms with van der Waals surface area (Å²) in [4.78, 5) is 28.3. The topological polar surface area (TPSA) is 52.7 Å². The molecule has 0 aliphatic carbocycles. The maximum atomic E-state index is 12.6. The van der Waals surface area contributed by atoms with Crippen LogP contribution in [-0.4, -0.2) is 29.9 Å². The second kappa shape index (κ2) is 8.08. The SMILES string of the molecule is CCN(CC)c1ccc(C=C2NC(=O)N(Cc3ccc(C)cc3)C2=O)cc1. The number of anilines is 1. The van der Waals surface area contributed by atoms with Crippen LogP contribution in [0.2, 0.25) is 0 Å². The number of carbonyl (C=O) groups is 2. The minimum absolute atomic E-state index is 0.267. The van der Waals surface area contributed by atoms with E-state index in [4.69, 9.17) is 0 Å². The van der Waals surface area contributed by atoms with Gasteiger partial charge in [-0.25, -0.2) is 4.79 Å². The number of rotatable bonds is 6. The highest BCUT2D eigenvalue weighted by atomic mass is 16.2. The van der Waals surface area contributed by atoms with E-state index in [1.165, 1.54) is 4.90 Å². The van der Waals surface area contributed by atoms with Crippen molar-refractivity contribution in [3.63, 3.8) is 0 Å². The average Bonchev–Trinajstić information content (AvgIpc) is 2.93. The maximum Gasteiger partial charge on any atom is 0.329 e. The third kappa shape index (κ3) is 4.19. The summed E-state index contributed by atoms with van der Waals surface area (Å²) < 4.78 is 0. The Bertz CT molecular complexity index is 850. The highest BCUT2D eigenvalue weighted by Crippen LogP contribution is 2.20. The van der Waals surface area contributed by atoms with Gasteiger partial charge >= 0.3 is 6.03 Å². The Morgan fingerprint density at radius 1 is 0.963 bits per heavy atom. The summed E-state index contributed by atoms with van der Waals surface area (Å²) in [6.07, 6.45) is 1.72. The summed E-state index contributed by atoms with van der Waals surface area (Å²) in [5, 5.41) is 2.68. The van der Waals surface area contributed by atoms with E-state index < -0.39 is 0 Å². The molecule has 5 heteroatoms. The van der Waals surface area contributed by atoms with Crippen molar-refractivity contribution >= 4 is 23.7 Å². The first-order chi connectivity index (χ1) is 13.0. The minimum atomic E-state index is -0.383. The Balaban J connectivity index is 1.74. The van der Waals surface area contributed by atoms with E-state index in [0.29, 0.717) is 5.70 Å². The van der Waals surface area contributed by atoms with Crippen LogP contribution in [0.15, 0.2) is 54.2 Å². The fraction of sp³-hybridized carbons (Fsp3) is 0.273. The van der Waals surface area contributed by atoms with Crippen molar-refractivity contribution in [1.82, 2.24) is 10.2 Å². The smallest absolute Gasteiger partial charge is 0.329 e. The lowest BCUT2D eigenvalue weighted by molar-refractivity contribution is -0.123. The zero-order chi connectivity index (χ0) is 19.4. The predicted octanol–water partition coefficient (Wildman–Crippen LogP) is 3.93. The molecule has 3 amide bonds. The maximum absolute atomic E-state index is 12.6. The van der Waals surface area contributed by atoms with Gasteiger partial charge in [0.2, 0.25) is 0 Å². The first kappa shape index (κ1) is 18.7. The third-order valence-electron chi connectivity index (χ3n) is 4.76. The van der Waals surface area contributed by atoms with Gasteiger partial charge in [0.25, 0.3) is 5.91 Å². The van der Waals surface area contributed by atoms with Crippen LogP contribution >= 0.6 is 0 Å². The van der Waals surface area contributed by atoms with Crippen LogP contribution in [0.5, 0.6) is 0 Å². The molecule has 0 unspecified atom stereocenters. The number of aryl methyl sites for hydroxylation is 1. The largest absolute Gasteiger partial charge is 0.372 e. The Kier molecular flexibility index (Phi) is 5.60. The summed E-state index contributed by atoms with van der Waals surface area (Å²) in [7, 11) is 0. The van der Waals surface area contributed by atoms with E-state index in [0.717, 1.165) is 35.5 Å². The van der Waals surface area contributed by atoms with Crippen molar-refractivity contribution in [3.8, 4) is 0 Å². The standard InChI is InChI=1S/C22H25N3O2/c1-4-24(5-2)19-12-10-17(11-13-19)14-20-21(26)25(22(27)23-20)15-18-8-6-16(3)7-9-18/h6-14H,4-5,15H2,1-3H3,(H,23,27). The van der Waals surface area contributed by atoms with E-state index in [-0.39, 0.29) is 18.5 Å². The van der Waals surface area contributed by atoms with Crippen LogP contribution in [-0.2, 0) is 11.3 Å². The second-order valence-electron chi connectivity index (χ2n) is 6.63. The normalized spacial score (nSPS) is 15.4. The number of amides is 3. The van der Waals surface area contributed by atoms with E-state index in [9.17, 15) is 9.59 Å². The van der Waals surface area contributed by atoms with Crippen molar-refractivity contribution < 1.29 is 9.59 Å². The third-order valence-corrected chi connectivity index (χ3v) is 4.76. The van der Waals surface area contributed by atoms with Crippen molar-refractivity contribution in [3.05, 3.63) is 70.9 Å². The molecule has 0 saturated carbocycles. The first-order valence-electron chi connectivity index (χ1n) is 9.27. The summed E-state index contributed by atoms with van der Waals surface area (Å²) in [5.74, 6) is -0.298. The van der Waals surface area contributed by atoms with Gasteiger partial charge in [0.1, 0.15) is 5.70 Å². The van der Waals surface area contributed by atoms with Gasteiger partial charge in [-0.2, -0.15) is 0 Å². The molecule has 140 valence electrons. The first-order valence-corrected chi connectivity index (χ1v) is 9.27. The summed E-state index contributed by atoms with van der Waals surface area (Å²) >= 11 is 0. The summed E-state index contributed by atoms with van der Waals surface area (Å²) in [6.45, 7) is 8.40. The Labute approximate surface area is 160 Å². The van der Waals surface area contributed by atoms with E-state index in [2.05, 4.69) is 24.1 Å². The highest BCUT2D eigenvalue weighted by Gasteiger charge is 2.33. The molecule has 2 aromatic rings. The number of urea groups is 1. The molecular formula is C22H25N3O2. The number of benzene rings is 2. The molecule has 1 saturated heterocycles. The van der Waals surface area contributed by atoms with E-state index >= 15 is 0 Å². The lowest BCUT2D eigenvalue weighted by Gasteiger charge is -2.20. The number of nitrogens with zero attached hydrogens (tertiary/aromatic N) is 2. The molecule has 5 nitrogen and oxygen atoms in total. The molecule has 1 aliphatic heterocycles. The number of hydrogen-bond donors (Lipinski definition) is 1. The number of carbonyl (C=O) groups excluding carboxylic acids is 2. The molecule has 3 rings (SSSR count). The molecule has 27 heavy (non-hydrogen) atoms. The molecule has 0 spiro atoms. The second-order valence-corrected chi connectivity index (χ2v) is 6.63. The van der Waals surface area contributed by atoms with Crippen molar-refractivity contribution in [2.24, 2.45) is 0 Å². The van der Waals surface area contributed by atoms with Crippen LogP contribution < -0.4 is 10.2 Å². The van der Waals surface area contributed by atoms with Gasteiger partial charge in [0.05, 0.1) is 6.54 Å². The van der Waals surface area contributed by atoms with Crippen LogP contribution in [0.1, 0.15) is 30.5 Å². The molecule has 1 heterocycles. The van der Waals surface area contributed by atoms with Crippen molar-refractivity contribution in [1.29, 1.82) is 0 Å². The Morgan fingerprint density at radius 3 is 2.19 bits per heavy atom. The minimum Gasteiger partial charge on any atom is -0.372 e. The van der Waals surface area contributed by atoms with Crippen LogP contribution in [0.25, 0.3) is 6.08 Å². The molecule has 0 radical (unpaired) electrons. The van der Waals surface area contributed by atoms with Gasteiger partial charge in [-0.05, 0) is 50.1 Å². The average molecular weight is 363 g/mol. The fourth-order valence-electron chi connectivity index (χ4n) is 3.13. The van der Waals surface area contributed by atoms with Gasteiger partial charge in [-0.1, -0.05) is 42.0 Å². The van der Waals surface area contributed by atoms with Gasteiger partial charge in [-0.15, -0.1) is 0 Å². The van der Waals surface area contributed by atoms with Crippen molar-refractivity contribution in [2.45, 2.75) is 27.3 Å². The molecular weight excluding hydrogens is 338 g/mol. The monoisotopic (exact) mass is 363 g/mol. The van der Waals surface area contributed by atoms with Gasteiger partial charge in [0.15, 0.2) is 0 Å². The molecule has 2 aromatic carbocycles. The van der Waals surface area contributed by atoms with E-state index in [1.54, 1.807) is 6.08 Å². The van der Waals surface area contributed by atoms with Gasteiger partial charge in [0, 0.05) is 18.8 Å².